The average molecular weight is 252 g/mol. The summed E-state index contributed by atoms with van der Waals surface area (Å²) in [6, 6.07) is 0.470. The Kier molecular flexibility index (Phi) is 5.50. The summed E-state index contributed by atoms with van der Waals surface area (Å²) in [6.45, 7) is 8.59. The maximum Gasteiger partial charge on any atom is 0.00795 e. The molecule has 2 N–H and O–H groups in total. The van der Waals surface area contributed by atoms with Gasteiger partial charge in [0.05, 0.1) is 0 Å². The minimum atomic E-state index is 0.470. The standard InChI is InChI=1S/C16H32N2/c1-3-5-14-8-9-18(11-14)12-15-10-13(4-2)6-7-16(15)17/h13-16H,3-12,17H2,1-2H3. The van der Waals surface area contributed by atoms with E-state index in [-0.39, 0.29) is 0 Å². The highest BCUT2D eigenvalue weighted by Crippen LogP contribution is 2.32. The molecule has 0 aromatic rings. The molecule has 4 atom stereocenters. The van der Waals surface area contributed by atoms with Crippen molar-refractivity contribution in [2.24, 2.45) is 23.5 Å². The first-order valence-corrected chi connectivity index (χ1v) is 8.20. The van der Waals surface area contributed by atoms with Crippen molar-refractivity contribution in [2.75, 3.05) is 19.6 Å². The highest BCUT2D eigenvalue weighted by molar-refractivity contribution is 4.86. The van der Waals surface area contributed by atoms with Gasteiger partial charge in [0.25, 0.3) is 0 Å². The SMILES string of the molecule is CCCC1CCN(CC2CC(CC)CCC2N)C1. The number of rotatable bonds is 5. The fourth-order valence-corrected chi connectivity index (χ4v) is 4.02. The summed E-state index contributed by atoms with van der Waals surface area (Å²) in [5, 5.41) is 0. The second kappa shape index (κ2) is 6.91. The van der Waals surface area contributed by atoms with E-state index in [1.807, 2.05) is 0 Å². The van der Waals surface area contributed by atoms with Gasteiger partial charge in [-0.3, -0.25) is 0 Å². The van der Waals surface area contributed by atoms with Gasteiger partial charge in [0, 0.05) is 19.1 Å². The van der Waals surface area contributed by atoms with Gasteiger partial charge in [-0.25, -0.2) is 0 Å². The lowest BCUT2D eigenvalue weighted by atomic mass is 9.77. The molecule has 0 spiro atoms. The first kappa shape index (κ1) is 14.3. The number of nitrogens with zero attached hydrogens (tertiary/aromatic N) is 1. The normalized spacial score (nSPS) is 38.2. The molecule has 1 heterocycles. The largest absolute Gasteiger partial charge is 0.327 e. The summed E-state index contributed by atoms with van der Waals surface area (Å²) in [7, 11) is 0. The summed E-state index contributed by atoms with van der Waals surface area (Å²) in [5.74, 6) is 2.68. The van der Waals surface area contributed by atoms with Gasteiger partial charge < -0.3 is 10.6 Å². The van der Waals surface area contributed by atoms with Gasteiger partial charge in [0.2, 0.25) is 0 Å². The zero-order valence-corrected chi connectivity index (χ0v) is 12.4. The molecule has 0 aromatic heterocycles. The molecule has 0 radical (unpaired) electrons. The monoisotopic (exact) mass is 252 g/mol. The lowest BCUT2D eigenvalue weighted by Gasteiger charge is -2.36. The first-order chi connectivity index (χ1) is 8.72. The van der Waals surface area contributed by atoms with Gasteiger partial charge in [-0.05, 0) is 56.4 Å². The molecule has 2 fully saturated rings. The summed E-state index contributed by atoms with van der Waals surface area (Å²) >= 11 is 0. The Morgan fingerprint density at radius 3 is 2.67 bits per heavy atom. The summed E-state index contributed by atoms with van der Waals surface area (Å²) < 4.78 is 0. The molecule has 2 rings (SSSR count). The van der Waals surface area contributed by atoms with E-state index in [2.05, 4.69) is 18.7 Å². The van der Waals surface area contributed by atoms with Gasteiger partial charge >= 0.3 is 0 Å². The van der Waals surface area contributed by atoms with Crippen LogP contribution in [0.5, 0.6) is 0 Å². The minimum Gasteiger partial charge on any atom is -0.327 e. The molecular formula is C16H32N2. The van der Waals surface area contributed by atoms with Gasteiger partial charge in [-0.2, -0.15) is 0 Å². The van der Waals surface area contributed by atoms with Gasteiger partial charge in [0.15, 0.2) is 0 Å². The van der Waals surface area contributed by atoms with E-state index in [4.69, 9.17) is 5.73 Å². The molecule has 106 valence electrons. The third-order valence-corrected chi connectivity index (χ3v) is 5.29. The highest BCUT2D eigenvalue weighted by Gasteiger charge is 2.31. The van der Waals surface area contributed by atoms with E-state index in [0.717, 1.165) is 17.8 Å². The van der Waals surface area contributed by atoms with Crippen LogP contribution < -0.4 is 5.73 Å². The topological polar surface area (TPSA) is 29.3 Å². The molecule has 0 bridgehead atoms. The fraction of sp³-hybridized carbons (Fsp3) is 1.00. The van der Waals surface area contributed by atoms with Crippen LogP contribution in [0.2, 0.25) is 0 Å². The second-order valence-electron chi connectivity index (χ2n) is 6.71. The Morgan fingerprint density at radius 2 is 1.94 bits per heavy atom. The molecule has 2 nitrogen and oxygen atoms in total. The summed E-state index contributed by atoms with van der Waals surface area (Å²) in [4.78, 5) is 2.70. The number of likely N-dealkylation sites (tertiary alicyclic amines) is 1. The van der Waals surface area contributed by atoms with Crippen molar-refractivity contribution in [3.63, 3.8) is 0 Å². The number of hydrogen-bond donors (Lipinski definition) is 1. The smallest absolute Gasteiger partial charge is 0.00795 e. The van der Waals surface area contributed by atoms with Crippen LogP contribution in [-0.2, 0) is 0 Å². The van der Waals surface area contributed by atoms with Crippen LogP contribution in [0.3, 0.4) is 0 Å². The van der Waals surface area contributed by atoms with Gasteiger partial charge in [-0.15, -0.1) is 0 Å². The van der Waals surface area contributed by atoms with Crippen molar-refractivity contribution >= 4 is 0 Å². The summed E-state index contributed by atoms with van der Waals surface area (Å²) in [6.07, 6.45) is 9.55. The molecular weight excluding hydrogens is 220 g/mol. The molecule has 4 unspecified atom stereocenters. The minimum absolute atomic E-state index is 0.470. The Balaban J connectivity index is 1.78. The van der Waals surface area contributed by atoms with Crippen molar-refractivity contribution in [3.8, 4) is 0 Å². The average Bonchev–Trinajstić information content (AvgIpc) is 2.80. The molecule has 1 aliphatic heterocycles. The maximum absolute atomic E-state index is 6.34. The molecule has 2 aliphatic rings. The van der Waals surface area contributed by atoms with Crippen LogP contribution in [0.15, 0.2) is 0 Å². The van der Waals surface area contributed by atoms with Crippen LogP contribution in [0.25, 0.3) is 0 Å². The highest BCUT2D eigenvalue weighted by atomic mass is 15.1. The lowest BCUT2D eigenvalue weighted by molar-refractivity contribution is 0.168. The third kappa shape index (κ3) is 3.71. The Hall–Kier alpha value is -0.0800. The quantitative estimate of drug-likeness (QED) is 0.814. The zero-order chi connectivity index (χ0) is 13.0. The third-order valence-electron chi connectivity index (χ3n) is 5.29. The molecule has 18 heavy (non-hydrogen) atoms. The van der Waals surface area contributed by atoms with E-state index in [0.29, 0.717) is 6.04 Å². The van der Waals surface area contributed by atoms with E-state index in [1.165, 1.54) is 64.6 Å². The molecule has 0 amide bonds. The molecule has 1 saturated carbocycles. The van der Waals surface area contributed by atoms with Gasteiger partial charge in [0.1, 0.15) is 0 Å². The first-order valence-electron chi connectivity index (χ1n) is 8.20. The molecule has 1 saturated heterocycles. The van der Waals surface area contributed by atoms with E-state index < -0.39 is 0 Å². The predicted octanol–water partition coefficient (Wildman–Crippen LogP) is 3.26. The Bertz CT molecular complexity index is 241. The van der Waals surface area contributed by atoms with E-state index >= 15 is 0 Å². The van der Waals surface area contributed by atoms with Crippen LogP contribution in [-0.4, -0.2) is 30.6 Å². The van der Waals surface area contributed by atoms with Crippen molar-refractivity contribution in [1.29, 1.82) is 0 Å². The molecule has 1 aliphatic carbocycles. The van der Waals surface area contributed by atoms with Crippen molar-refractivity contribution in [1.82, 2.24) is 4.90 Å². The van der Waals surface area contributed by atoms with Crippen molar-refractivity contribution < 1.29 is 0 Å². The zero-order valence-electron chi connectivity index (χ0n) is 12.4. The maximum atomic E-state index is 6.34. The van der Waals surface area contributed by atoms with E-state index in [9.17, 15) is 0 Å². The van der Waals surface area contributed by atoms with Crippen LogP contribution >= 0.6 is 0 Å². The fourth-order valence-electron chi connectivity index (χ4n) is 4.02. The molecule has 2 heteroatoms. The second-order valence-corrected chi connectivity index (χ2v) is 6.71. The van der Waals surface area contributed by atoms with Crippen LogP contribution in [0, 0.1) is 17.8 Å². The summed E-state index contributed by atoms with van der Waals surface area (Å²) in [5.41, 5.74) is 6.34. The Labute approximate surface area is 113 Å². The predicted molar refractivity (Wildman–Crippen MR) is 78.6 cm³/mol. The van der Waals surface area contributed by atoms with E-state index in [1.54, 1.807) is 0 Å². The van der Waals surface area contributed by atoms with Crippen molar-refractivity contribution in [2.45, 2.75) is 64.8 Å². The lowest BCUT2D eigenvalue weighted by Crippen LogP contribution is -2.42. The number of hydrogen-bond acceptors (Lipinski definition) is 2. The Morgan fingerprint density at radius 1 is 1.11 bits per heavy atom. The van der Waals surface area contributed by atoms with Crippen LogP contribution in [0.4, 0.5) is 0 Å². The molecule has 0 aromatic carbocycles. The van der Waals surface area contributed by atoms with Crippen molar-refractivity contribution in [3.05, 3.63) is 0 Å². The van der Waals surface area contributed by atoms with Gasteiger partial charge in [-0.1, -0.05) is 26.7 Å². The number of nitrogens with two attached hydrogens (primary N) is 1. The van der Waals surface area contributed by atoms with Crippen LogP contribution in [0.1, 0.15) is 58.8 Å².